The van der Waals surface area contributed by atoms with Gasteiger partial charge < -0.3 is 4.74 Å². The van der Waals surface area contributed by atoms with Crippen molar-refractivity contribution in [1.29, 1.82) is 5.26 Å². The Morgan fingerprint density at radius 3 is 2.86 bits per heavy atom. The van der Waals surface area contributed by atoms with Gasteiger partial charge in [-0.25, -0.2) is 4.39 Å². The summed E-state index contributed by atoms with van der Waals surface area (Å²) in [6.07, 6.45) is 1.64. The molecule has 0 bridgehead atoms. The highest BCUT2D eigenvalue weighted by atomic mass is 19.1. The summed E-state index contributed by atoms with van der Waals surface area (Å²) in [7, 11) is 0. The van der Waals surface area contributed by atoms with Gasteiger partial charge in [0.05, 0.1) is 17.1 Å². The molecule has 0 saturated carbocycles. The highest BCUT2D eigenvalue weighted by Crippen LogP contribution is 2.23. The molecular formula is C18H13FN2O. The predicted molar refractivity (Wildman–Crippen MR) is 81.9 cm³/mol. The molecule has 0 atom stereocenters. The van der Waals surface area contributed by atoms with Gasteiger partial charge in [-0.3, -0.25) is 4.98 Å². The standard InChI is InChI=1S/C18H13FN2O/c1-12-9-13(10-20)4-7-17(12)22-11-14-5-6-16(19)15-3-2-8-21-18(14)15/h2-9H,11H2,1H3. The van der Waals surface area contributed by atoms with Gasteiger partial charge >= 0.3 is 0 Å². The lowest BCUT2D eigenvalue weighted by atomic mass is 10.1. The Morgan fingerprint density at radius 2 is 2.09 bits per heavy atom. The van der Waals surface area contributed by atoms with Crippen LogP contribution in [0.2, 0.25) is 0 Å². The zero-order valence-electron chi connectivity index (χ0n) is 12.0. The Balaban J connectivity index is 1.89. The third-order valence-corrected chi connectivity index (χ3v) is 3.49. The van der Waals surface area contributed by atoms with E-state index in [2.05, 4.69) is 11.1 Å². The second-order valence-electron chi connectivity index (χ2n) is 4.99. The molecule has 3 nitrogen and oxygen atoms in total. The molecule has 1 aromatic heterocycles. The number of halogens is 1. The largest absolute Gasteiger partial charge is 0.489 e. The van der Waals surface area contributed by atoms with Crippen LogP contribution in [-0.2, 0) is 6.61 Å². The van der Waals surface area contributed by atoms with Crippen LogP contribution in [0, 0.1) is 24.1 Å². The Morgan fingerprint density at radius 1 is 1.23 bits per heavy atom. The number of hydrogen-bond donors (Lipinski definition) is 0. The molecule has 3 rings (SSSR count). The summed E-state index contributed by atoms with van der Waals surface area (Å²) in [4.78, 5) is 4.24. The van der Waals surface area contributed by atoms with Crippen LogP contribution in [0.1, 0.15) is 16.7 Å². The van der Waals surface area contributed by atoms with Crippen molar-refractivity contribution in [2.75, 3.05) is 0 Å². The van der Waals surface area contributed by atoms with Crippen LogP contribution in [-0.4, -0.2) is 4.98 Å². The molecule has 0 unspecified atom stereocenters. The number of nitrogens with zero attached hydrogens (tertiary/aromatic N) is 2. The molecule has 1 heterocycles. The van der Waals surface area contributed by atoms with Gasteiger partial charge in [-0.15, -0.1) is 0 Å². The molecule has 0 radical (unpaired) electrons. The summed E-state index contributed by atoms with van der Waals surface area (Å²) in [5.74, 6) is 0.411. The van der Waals surface area contributed by atoms with Crippen molar-refractivity contribution in [1.82, 2.24) is 4.98 Å². The number of nitriles is 1. The van der Waals surface area contributed by atoms with Gasteiger partial charge in [-0.05, 0) is 48.9 Å². The van der Waals surface area contributed by atoms with Crippen molar-refractivity contribution >= 4 is 10.9 Å². The summed E-state index contributed by atoms with van der Waals surface area (Å²) in [6, 6.07) is 13.9. The normalized spacial score (nSPS) is 10.4. The van der Waals surface area contributed by atoms with Crippen LogP contribution in [0.25, 0.3) is 10.9 Å². The maximum atomic E-state index is 13.8. The second-order valence-corrected chi connectivity index (χ2v) is 4.99. The van der Waals surface area contributed by atoms with E-state index in [9.17, 15) is 4.39 Å². The van der Waals surface area contributed by atoms with Gasteiger partial charge in [-0.1, -0.05) is 6.07 Å². The maximum absolute atomic E-state index is 13.8. The first-order valence-electron chi connectivity index (χ1n) is 6.84. The number of fused-ring (bicyclic) bond motifs is 1. The average molecular weight is 292 g/mol. The Kier molecular flexibility index (Phi) is 3.71. The Bertz CT molecular complexity index is 884. The smallest absolute Gasteiger partial charge is 0.132 e. The number of pyridine rings is 1. The van der Waals surface area contributed by atoms with Crippen molar-refractivity contribution in [2.24, 2.45) is 0 Å². The molecule has 3 aromatic rings. The summed E-state index contributed by atoms with van der Waals surface area (Å²) < 4.78 is 19.6. The minimum Gasteiger partial charge on any atom is -0.489 e. The molecule has 0 N–H and O–H groups in total. The summed E-state index contributed by atoms with van der Waals surface area (Å²) in [6.45, 7) is 2.18. The minimum absolute atomic E-state index is 0.290. The van der Waals surface area contributed by atoms with Crippen LogP contribution in [0.3, 0.4) is 0 Å². The lowest BCUT2D eigenvalue weighted by Gasteiger charge is -2.11. The van der Waals surface area contributed by atoms with Gasteiger partial charge in [0.25, 0.3) is 0 Å². The molecule has 0 amide bonds. The third kappa shape index (κ3) is 2.61. The van der Waals surface area contributed by atoms with Gasteiger partial charge in [0.15, 0.2) is 0 Å². The van der Waals surface area contributed by atoms with E-state index in [1.165, 1.54) is 6.07 Å². The van der Waals surface area contributed by atoms with Gasteiger partial charge in [-0.2, -0.15) is 5.26 Å². The average Bonchev–Trinajstić information content (AvgIpc) is 2.55. The van der Waals surface area contributed by atoms with E-state index < -0.39 is 0 Å². The number of benzene rings is 2. The number of aromatic nitrogens is 1. The highest BCUT2D eigenvalue weighted by Gasteiger charge is 2.08. The summed E-state index contributed by atoms with van der Waals surface area (Å²) in [5.41, 5.74) is 2.91. The monoisotopic (exact) mass is 292 g/mol. The Hall–Kier alpha value is -2.93. The number of hydrogen-bond acceptors (Lipinski definition) is 3. The molecule has 0 fully saturated rings. The highest BCUT2D eigenvalue weighted by molar-refractivity contribution is 5.82. The van der Waals surface area contributed by atoms with Crippen molar-refractivity contribution < 1.29 is 9.13 Å². The predicted octanol–water partition coefficient (Wildman–Crippen LogP) is 4.13. The van der Waals surface area contributed by atoms with Crippen molar-refractivity contribution in [3.05, 3.63) is 71.2 Å². The molecule has 0 spiro atoms. The van der Waals surface area contributed by atoms with E-state index in [-0.39, 0.29) is 5.82 Å². The van der Waals surface area contributed by atoms with E-state index >= 15 is 0 Å². The second kappa shape index (κ2) is 5.82. The number of rotatable bonds is 3. The van der Waals surface area contributed by atoms with Crippen LogP contribution in [0.15, 0.2) is 48.7 Å². The third-order valence-electron chi connectivity index (χ3n) is 3.49. The number of ether oxygens (including phenoxy) is 1. The maximum Gasteiger partial charge on any atom is 0.132 e. The topological polar surface area (TPSA) is 45.9 Å². The van der Waals surface area contributed by atoms with Crippen molar-refractivity contribution in [2.45, 2.75) is 13.5 Å². The summed E-state index contributed by atoms with van der Waals surface area (Å²) >= 11 is 0. The van der Waals surface area contributed by atoms with E-state index in [1.54, 1.807) is 42.6 Å². The first-order chi connectivity index (χ1) is 10.7. The van der Waals surface area contributed by atoms with E-state index in [0.717, 1.165) is 11.1 Å². The van der Waals surface area contributed by atoms with Gasteiger partial charge in [0.1, 0.15) is 18.2 Å². The molecule has 108 valence electrons. The molecule has 0 aliphatic rings. The quantitative estimate of drug-likeness (QED) is 0.729. The van der Waals surface area contributed by atoms with Crippen LogP contribution >= 0.6 is 0 Å². The zero-order chi connectivity index (χ0) is 15.5. The molecular weight excluding hydrogens is 279 g/mol. The van der Waals surface area contributed by atoms with E-state index in [1.807, 2.05) is 6.92 Å². The molecule has 0 saturated heterocycles. The lowest BCUT2D eigenvalue weighted by molar-refractivity contribution is 0.305. The van der Waals surface area contributed by atoms with Gasteiger partial charge in [0.2, 0.25) is 0 Å². The Labute approximate surface area is 127 Å². The fourth-order valence-corrected chi connectivity index (χ4v) is 2.35. The first-order valence-corrected chi connectivity index (χ1v) is 6.84. The van der Waals surface area contributed by atoms with E-state index in [0.29, 0.717) is 28.8 Å². The van der Waals surface area contributed by atoms with Crippen LogP contribution in [0.4, 0.5) is 4.39 Å². The fraction of sp³-hybridized carbons (Fsp3) is 0.111. The van der Waals surface area contributed by atoms with Gasteiger partial charge in [0, 0.05) is 17.1 Å². The van der Waals surface area contributed by atoms with Crippen molar-refractivity contribution in [3.63, 3.8) is 0 Å². The SMILES string of the molecule is Cc1cc(C#N)ccc1OCc1ccc(F)c2cccnc12. The minimum atomic E-state index is -0.290. The molecule has 4 heteroatoms. The molecule has 0 aliphatic heterocycles. The lowest BCUT2D eigenvalue weighted by Crippen LogP contribution is -2.00. The molecule has 2 aromatic carbocycles. The molecule has 22 heavy (non-hydrogen) atoms. The van der Waals surface area contributed by atoms with E-state index in [4.69, 9.17) is 10.00 Å². The van der Waals surface area contributed by atoms with Crippen LogP contribution in [0.5, 0.6) is 5.75 Å². The van der Waals surface area contributed by atoms with Crippen LogP contribution < -0.4 is 4.74 Å². The van der Waals surface area contributed by atoms with Crippen molar-refractivity contribution in [3.8, 4) is 11.8 Å². The zero-order valence-corrected chi connectivity index (χ0v) is 12.0. The first kappa shape index (κ1) is 14.0. The summed E-state index contributed by atoms with van der Waals surface area (Å²) in [5, 5.41) is 9.36. The molecule has 0 aliphatic carbocycles. The number of aryl methyl sites for hydroxylation is 1. The fourth-order valence-electron chi connectivity index (χ4n) is 2.35.